The third-order valence-electron chi connectivity index (χ3n) is 5.49. The molecule has 9 heteroatoms. The van der Waals surface area contributed by atoms with Crippen LogP contribution in [-0.2, 0) is 0 Å². The number of nitrogens with zero attached hydrogens (tertiary/aromatic N) is 3. The zero-order valence-electron chi connectivity index (χ0n) is 15.6. The summed E-state index contributed by atoms with van der Waals surface area (Å²) in [6, 6.07) is 9.71. The van der Waals surface area contributed by atoms with Crippen molar-refractivity contribution in [2.75, 3.05) is 39.3 Å². The number of piperazine rings is 1. The highest BCUT2D eigenvalue weighted by Gasteiger charge is 2.39. The first-order valence-corrected chi connectivity index (χ1v) is 10.2. The second-order valence-corrected chi connectivity index (χ2v) is 8.09. The van der Waals surface area contributed by atoms with Crippen molar-refractivity contribution in [1.29, 1.82) is 0 Å². The molecule has 2 amide bonds. The third kappa shape index (κ3) is 4.28. The van der Waals surface area contributed by atoms with Crippen LogP contribution >= 0.6 is 23.2 Å². The van der Waals surface area contributed by atoms with Crippen molar-refractivity contribution in [2.24, 2.45) is 0 Å². The van der Waals surface area contributed by atoms with Crippen LogP contribution in [0.2, 0.25) is 10.2 Å². The van der Waals surface area contributed by atoms with Crippen LogP contribution < -0.4 is 0 Å². The van der Waals surface area contributed by atoms with Gasteiger partial charge in [0.2, 0.25) is 0 Å². The average molecular weight is 438 g/mol. The summed E-state index contributed by atoms with van der Waals surface area (Å²) in [5.41, 5.74) is 0.551. The topological polar surface area (TPSA) is 77.2 Å². The van der Waals surface area contributed by atoms with Crippen molar-refractivity contribution in [2.45, 2.75) is 12.1 Å². The number of carbonyl (C=O) groups excluding carboxylic acids is 2. The molecule has 4 rings (SSSR count). The predicted molar refractivity (Wildman–Crippen MR) is 108 cm³/mol. The average Bonchev–Trinajstić information content (AvgIpc) is 3.33. The van der Waals surface area contributed by atoms with Crippen molar-refractivity contribution >= 4 is 35.0 Å². The zero-order chi connectivity index (χ0) is 20.5. The van der Waals surface area contributed by atoms with Gasteiger partial charge in [-0.3, -0.25) is 14.5 Å². The SMILES string of the molecule is O=C(c1ccc(Cl)cc1)N1CC(O)C(N2CCN(C(=O)c3ccc(Cl)o3)CC2)C1. The quantitative estimate of drug-likeness (QED) is 0.796. The number of aliphatic hydroxyl groups excluding tert-OH is 1. The van der Waals surface area contributed by atoms with E-state index < -0.39 is 6.10 Å². The molecule has 1 N–H and O–H groups in total. The molecule has 1 aromatic carbocycles. The lowest BCUT2D eigenvalue weighted by Crippen LogP contribution is -2.54. The molecule has 2 aliphatic rings. The smallest absolute Gasteiger partial charge is 0.289 e. The van der Waals surface area contributed by atoms with Gasteiger partial charge in [-0.15, -0.1) is 0 Å². The van der Waals surface area contributed by atoms with Crippen molar-refractivity contribution in [3.05, 3.63) is 58.0 Å². The highest BCUT2D eigenvalue weighted by molar-refractivity contribution is 6.30. The van der Waals surface area contributed by atoms with Gasteiger partial charge in [-0.1, -0.05) is 11.6 Å². The maximum Gasteiger partial charge on any atom is 0.289 e. The highest BCUT2D eigenvalue weighted by Crippen LogP contribution is 2.22. The van der Waals surface area contributed by atoms with Gasteiger partial charge in [0.25, 0.3) is 11.8 Å². The van der Waals surface area contributed by atoms with Crippen LogP contribution in [0.1, 0.15) is 20.9 Å². The number of amides is 2. The molecule has 0 aliphatic carbocycles. The summed E-state index contributed by atoms with van der Waals surface area (Å²) in [5.74, 6) is -0.0844. The minimum absolute atomic E-state index is 0.119. The maximum atomic E-state index is 12.7. The number of likely N-dealkylation sites (tertiary alicyclic amines) is 1. The van der Waals surface area contributed by atoms with Gasteiger partial charge >= 0.3 is 0 Å². The number of halogens is 2. The molecule has 154 valence electrons. The molecule has 2 aliphatic heterocycles. The molecule has 0 spiro atoms. The van der Waals surface area contributed by atoms with E-state index in [2.05, 4.69) is 4.90 Å². The summed E-state index contributed by atoms with van der Waals surface area (Å²) in [6.07, 6.45) is -0.627. The largest absolute Gasteiger partial charge is 0.440 e. The van der Waals surface area contributed by atoms with Crippen LogP contribution in [0.4, 0.5) is 0 Å². The molecule has 0 saturated carbocycles. The van der Waals surface area contributed by atoms with Crippen LogP contribution in [0.15, 0.2) is 40.8 Å². The summed E-state index contributed by atoms with van der Waals surface area (Å²) in [6.45, 7) is 3.01. The Morgan fingerprint density at radius 3 is 2.21 bits per heavy atom. The predicted octanol–water partition coefficient (Wildman–Crippen LogP) is 2.23. The van der Waals surface area contributed by atoms with Crippen molar-refractivity contribution in [3.63, 3.8) is 0 Å². The van der Waals surface area contributed by atoms with E-state index in [1.54, 1.807) is 46.2 Å². The molecular weight excluding hydrogens is 417 g/mol. The Morgan fingerprint density at radius 2 is 1.59 bits per heavy atom. The molecule has 7 nitrogen and oxygen atoms in total. The monoisotopic (exact) mass is 437 g/mol. The van der Waals surface area contributed by atoms with Gasteiger partial charge in [0.15, 0.2) is 11.0 Å². The number of carbonyl (C=O) groups is 2. The molecule has 0 bridgehead atoms. The lowest BCUT2D eigenvalue weighted by atomic mass is 10.1. The van der Waals surface area contributed by atoms with Gasteiger partial charge in [-0.25, -0.2) is 0 Å². The fourth-order valence-corrected chi connectivity index (χ4v) is 4.18. The lowest BCUT2D eigenvalue weighted by molar-refractivity contribution is 0.0359. The number of hydrogen-bond acceptors (Lipinski definition) is 5. The fourth-order valence-electron chi connectivity index (χ4n) is 3.91. The van der Waals surface area contributed by atoms with E-state index in [1.807, 2.05) is 0 Å². The molecule has 2 atom stereocenters. The number of aliphatic hydroxyl groups is 1. The molecule has 2 unspecified atom stereocenters. The Balaban J connectivity index is 1.34. The Morgan fingerprint density at radius 1 is 0.897 bits per heavy atom. The van der Waals surface area contributed by atoms with E-state index in [0.717, 1.165) is 0 Å². The molecule has 1 aromatic heterocycles. The molecule has 2 fully saturated rings. The summed E-state index contributed by atoms with van der Waals surface area (Å²) in [7, 11) is 0. The maximum absolute atomic E-state index is 12.7. The van der Waals surface area contributed by atoms with E-state index in [1.165, 1.54) is 0 Å². The Bertz CT molecular complexity index is 893. The first-order valence-electron chi connectivity index (χ1n) is 9.44. The Kier molecular flexibility index (Phi) is 5.83. The molecule has 29 heavy (non-hydrogen) atoms. The second-order valence-electron chi connectivity index (χ2n) is 7.28. The molecular formula is C20H21Cl2N3O4. The zero-order valence-corrected chi connectivity index (χ0v) is 17.1. The van der Waals surface area contributed by atoms with Crippen LogP contribution in [0.25, 0.3) is 0 Å². The van der Waals surface area contributed by atoms with E-state index in [9.17, 15) is 14.7 Å². The van der Waals surface area contributed by atoms with Gasteiger partial charge in [0.1, 0.15) is 0 Å². The number of β-amino-alcohol motifs (C(OH)–C–C–N with tert-alkyl or cyclic N) is 1. The summed E-state index contributed by atoms with van der Waals surface area (Å²) < 4.78 is 5.20. The number of furan rings is 1. The van der Waals surface area contributed by atoms with E-state index >= 15 is 0 Å². The first kappa shape index (κ1) is 20.2. The number of benzene rings is 1. The Hall–Kier alpha value is -2.06. The van der Waals surface area contributed by atoms with Crippen LogP contribution in [0.3, 0.4) is 0 Å². The highest BCUT2D eigenvalue weighted by atomic mass is 35.5. The number of rotatable bonds is 3. The number of hydrogen-bond donors (Lipinski definition) is 1. The minimum Gasteiger partial charge on any atom is -0.440 e. The lowest BCUT2D eigenvalue weighted by Gasteiger charge is -2.38. The second kappa shape index (κ2) is 8.36. The van der Waals surface area contributed by atoms with Crippen molar-refractivity contribution in [1.82, 2.24) is 14.7 Å². The molecule has 2 aromatic rings. The Labute approximate surface area is 178 Å². The summed E-state index contributed by atoms with van der Waals surface area (Å²) >= 11 is 11.6. The van der Waals surface area contributed by atoms with Crippen LogP contribution in [0, 0.1) is 0 Å². The first-order chi connectivity index (χ1) is 13.9. The molecule has 2 saturated heterocycles. The van der Waals surface area contributed by atoms with Crippen LogP contribution in [0.5, 0.6) is 0 Å². The third-order valence-corrected chi connectivity index (χ3v) is 5.95. The standard InChI is InChI=1S/C20H21Cl2N3O4/c21-14-3-1-13(2-4-14)19(27)25-11-15(16(26)12-25)23-7-9-24(10-8-23)20(28)17-5-6-18(22)29-17/h1-6,15-16,26H,7-12H2. The summed E-state index contributed by atoms with van der Waals surface area (Å²) in [5, 5.41) is 11.3. The molecule has 0 radical (unpaired) electrons. The van der Waals surface area contributed by atoms with Gasteiger partial charge in [-0.2, -0.15) is 0 Å². The van der Waals surface area contributed by atoms with E-state index in [-0.39, 0.29) is 35.4 Å². The van der Waals surface area contributed by atoms with Crippen LogP contribution in [-0.4, -0.2) is 83.0 Å². The normalized spacial score (nSPS) is 22.9. The van der Waals surface area contributed by atoms with Gasteiger partial charge in [-0.05, 0) is 48.0 Å². The van der Waals surface area contributed by atoms with E-state index in [0.29, 0.717) is 43.3 Å². The molecule has 3 heterocycles. The fraction of sp³-hybridized carbons (Fsp3) is 0.400. The summed E-state index contributed by atoms with van der Waals surface area (Å²) in [4.78, 5) is 30.7. The van der Waals surface area contributed by atoms with Gasteiger partial charge < -0.3 is 19.3 Å². The van der Waals surface area contributed by atoms with Gasteiger partial charge in [0.05, 0.1) is 12.1 Å². The van der Waals surface area contributed by atoms with Gasteiger partial charge in [0, 0.05) is 49.9 Å². The van der Waals surface area contributed by atoms with Crippen molar-refractivity contribution in [3.8, 4) is 0 Å². The van der Waals surface area contributed by atoms with Crippen molar-refractivity contribution < 1.29 is 19.1 Å². The van der Waals surface area contributed by atoms with E-state index in [4.69, 9.17) is 27.6 Å². The minimum atomic E-state index is -0.627.